The summed E-state index contributed by atoms with van der Waals surface area (Å²) >= 11 is 0. The molecule has 0 saturated heterocycles. The van der Waals surface area contributed by atoms with Crippen LogP contribution in [0.5, 0.6) is 0 Å². The van der Waals surface area contributed by atoms with E-state index < -0.39 is 10.0 Å². The van der Waals surface area contributed by atoms with Crippen molar-refractivity contribution >= 4 is 21.6 Å². The highest BCUT2D eigenvalue weighted by Gasteiger charge is 2.22. The van der Waals surface area contributed by atoms with E-state index in [9.17, 15) is 17.6 Å². The summed E-state index contributed by atoms with van der Waals surface area (Å²) in [7, 11) is -2.01. The van der Waals surface area contributed by atoms with Gasteiger partial charge in [0.2, 0.25) is 10.0 Å². The number of carbonyl (C=O) groups excluding carboxylic acids is 1. The van der Waals surface area contributed by atoms with Gasteiger partial charge in [0.15, 0.2) is 0 Å². The Morgan fingerprint density at radius 2 is 1.68 bits per heavy atom. The van der Waals surface area contributed by atoms with Gasteiger partial charge in [0.1, 0.15) is 5.82 Å². The largest absolute Gasteiger partial charge is 0.346 e. The van der Waals surface area contributed by atoms with E-state index in [0.717, 1.165) is 21.7 Å². The maximum absolute atomic E-state index is 13.1. The quantitative estimate of drug-likeness (QED) is 0.816. The second-order valence-corrected chi connectivity index (χ2v) is 10.0. The molecule has 2 aromatic rings. The summed E-state index contributed by atoms with van der Waals surface area (Å²) in [5, 5.41) is 2.89. The highest BCUT2D eigenvalue weighted by molar-refractivity contribution is 7.92. The molecule has 2 aromatic carbocycles. The first-order chi connectivity index (χ1) is 12.8. The van der Waals surface area contributed by atoms with Crippen molar-refractivity contribution in [2.45, 2.75) is 39.2 Å². The minimum absolute atomic E-state index is 0.272. The average molecular weight is 407 g/mol. The lowest BCUT2D eigenvalue weighted by Gasteiger charge is -2.24. The van der Waals surface area contributed by atoms with Crippen LogP contribution < -0.4 is 9.62 Å². The Balaban J connectivity index is 2.39. The van der Waals surface area contributed by atoms with Gasteiger partial charge in [0.25, 0.3) is 5.91 Å². The van der Waals surface area contributed by atoms with E-state index in [2.05, 4.69) is 5.32 Å². The van der Waals surface area contributed by atoms with Crippen LogP contribution in [0.3, 0.4) is 0 Å². The van der Waals surface area contributed by atoms with E-state index >= 15 is 0 Å². The molecule has 0 radical (unpaired) electrons. The SMILES string of the molecule is CC(NC(=O)c1cc(N(C)S(C)(=O)=O)cc(C(C)(C)C)c1)c1ccc(F)cc1. The Hall–Kier alpha value is -2.41. The molecule has 0 spiro atoms. The number of anilines is 1. The summed E-state index contributed by atoms with van der Waals surface area (Å²) in [6, 6.07) is 10.7. The van der Waals surface area contributed by atoms with Crippen LogP contribution in [0.15, 0.2) is 42.5 Å². The Kier molecular flexibility index (Phi) is 6.18. The lowest BCUT2D eigenvalue weighted by atomic mass is 9.85. The van der Waals surface area contributed by atoms with Crippen molar-refractivity contribution in [3.8, 4) is 0 Å². The van der Waals surface area contributed by atoms with Crippen LogP contribution in [-0.2, 0) is 15.4 Å². The third-order valence-electron chi connectivity index (χ3n) is 4.62. The number of halogens is 1. The molecule has 0 saturated carbocycles. The first-order valence-electron chi connectivity index (χ1n) is 8.95. The van der Waals surface area contributed by atoms with Gasteiger partial charge in [-0.25, -0.2) is 12.8 Å². The molecule has 5 nitrogen and oxygen atoms in total. The molecule has 0 aliphatic rings. The molecule has 1 unspecified atom stereocenters. The van der Waals surface area contributed by atoms with Crippen molar-refractivity contribution in [1.29, 1.82) is 0 Å². The van der Waals surface area contributed by atoms with Crippen molar-refractivity contribution in [1.82, 2.24) is 5.32 Å². The van der Waals surface area contributed by atoms with E-state index in [1.165, 1.54) is 19.2 Å². The molecule has 0 aromatic heterocycles. The maximum Gasteiger partial charge on any atom is 0.251 e. The van der Waals surface area contributed by atoms with Gasteiger partial charge < -0.3 is 5.32 Å². The van der Waals surface area contributed by atoms with Crippen molar-refractivity contribution in [2.75, 3.05) is 17.6 Å². The lowest BCUT2D eigenvalue weighted by Crippen LogP contribution is -2.29. The van der Waals surface area contributed by atoms with E-state index in [1.807, 2.05) is 27.7 Å². The second-order valence-electron chi connectivity index (χ2n) is 8.00. The number of sulfonamides is 1. The monoisotopic (exact) mass is 406 g/mol. The molecule has 0 bridgehead atoms. The zero-order valence-corrected chi connectivity index (χ0v) is 17.9. The van der Waals surface area contributed by atoms with Crippen molar-refractivity contribution < 1.29 is 17.6 Å². The smallest absolute Gasteiger partial charge is 0.251 e. The van der Waals surface area contributed by atoms with E-state index in [1.54, 1.807) is 30.3 Å². The molecule has 0 heterocycles. The summed E-state index contributed by atoms with van der Waals surface area (Å²) in [5.41, 5.74) is 2.14. The van der Waals surface area contributed by atoms with Gasteiger partial charge in [0.05, 0.1) is 18.0 Å². The first kappa shape index (κ1) is 21.9. The van der Waals surface area contributed by atoms with Gasteiger partial charge in [-0.15, -0.1) is 0 Å². The van der Waals surface area contributed by atoms with Crippen molar-refractivity contribution in [2.24, 2.45) is 0 Å². The number of carbonyl (C=O) groups is 1. The number of nitrogens with zero attached hydrogens (tertiary/aromatic N) is 1. The van der Waals surface area contributed by atoms with Crippen LogP contribution in [0.25, 0.3) is 0 Å². The fourth-order valence-electron chi connectivity index (χ4n) is 2.66. The van der Waals surface area contributed by atoms with Gasteiger partial charge in [-0.1, -0.05) is 32.9 Å². The summed E-state index contributed by atoms with van der Waals surface area (Å²) in [6.07, 6.45) is 1.12. The number of hydrogen-bond acceptors (Lipinski definition) is 3. The molecular formula is C21H27FN2O3S. The van der Waals surface area contributed by atoms with Gasteiger partial charge in [-0.2, -0.15) is 0 Å². The summed E-state index contributed by atoms with van der Waals surface area (Å²) in [4.78, 5) is 12.8. The van der Waals surface area contributed by atoms with E-state index in [-0.39, 0.29) is 23.2 Å². The van der Waals surface area contributed by atoms with Gasteiger partial charge in [0, 0.05) is 12.6 Å². The number of benzene rings is 2. The van der Waals surface area contributed by atoms with Crippen LogP contribution in [0.2, 0.25) is 0 Å². The molecular weight excluding hydrogens is 379 g/mol. The fourth-order valence-corrected chi connectivity index (χ4v) is 3.15. The van der Waals surface area contributed by atoms with Crippen molar-refractivity contribution in [3.63, 3.8) is 0 Å². The van der Waals surface area contributed by atoms with E-state index in [0.29, 0.717) is 11.3 Å². The third kappa shape index (κ3) is 5.32. The maximum atomic E-state index is 13.1. The molecule has 2 rings (SSSR count). The van der Waals surface area contributed by atoms with Crippen LogP contribution in [-0.4, -0.2) is 27.6 Å². The summed E-state index contributed by atoms with van der Waals surface area (Å²) < 4.78 is 38.2. The van der Waals surface area contributed by atoms with Crippen LogP contribution in [0.4, 0.5) is 10.1 Å². The van der Waals surface area contributed by atoms with Gasteiger partial charge >= 0.3 is 0 Å². The zero-order chi connectivity index (χ0) is 21.3. The van der Waals surface area contributed by atoms with Crippen LogP contribution >= 0.6 is 0 Å². The predicted molar refractivity (Wildman–Crippen MR) is 111 cm³/mol. The molecule has 1 N–H and O–H groups in total. The highest BCUT2D eigenvalue weighted by atomic mass is 32.2. The lowest BCUT2D eigenvalue weighted by molar-refractivity contribution is 0.0939. The van der Waals surface area contributed by atoms with Gasteiger partial charge in [-0.05, 0) is 53.8 Å². The first-order valence-corrected chi connectivity index (χ1v) is 10.8. The minimum Gasteiger partial charge on any atom is -0.346 e. The Labute approximate surface area is 166 Å². The normalized spacial score (nSPS) is 13.1. The molecule has 0 fully saturated rings. The fraction of sp³-hybridized carbons (Fsp3) is 0.381. The number of rotatable bonds is 5. The molecule has 7 heteroatoms. The van der Waals surface area contributed by atoms with E-state index in [4.69, 9.17) is 0 Å². The molecule has 1 atom stereocenters. The molecule has 0 aliphatic carbocycles. The second kappa shape index (κ2) is 7.91. The Bertz CT molecular complexity index is 964. The summed E-state index contributed by atoms with van der Waals surface area (Å²) in [5.74, 6) is -0.667. The Morgan fingerprint density at radius 1 is 1.11 bits per heavy atom. The van der Waals surface area contributed by atoms with Gasteiger partial charge in [-0.3, -0.25) is 9.10 Å². The molecule has 28 heavy (non-hydrogen) atoms. The van der Waals surface area contributed by atoms with Crippen molar-refractivity contribution in [3.05, 3.63) is 65.0 Å². The topological polar surface area (TPSA) is 66.5 Å². The predicted octanol–water partition coefficient (Wildman–Crippen LogP) is 4.01. The molecule has 152 valence electrons. The molecule has 1 amide bonds. The number of hydrogen-bond donors (Lipinski definition) is 1. The standard InChI is InChI=1S/C21H27FN2O3S/c1-14(15-7-9-18(22)10-8-15)23-20(25)16-11-17(21(2,3)4)13-19(12-16)24(5)28(6,26)27/h7-14H,1-6H3,(H,23,25). The highest BCUT2D eigenvalue weighted by Crippen LogP contribution is 2.29. The minimum atomic E-state index is -3.46. The average Bonchev–Trinajstić information content (AvgIpc) is 2.59. The van der Waals surface area contributed by atoms with Crippen LogP contribution in [0, 0.1) is 5.82 Å². The van der Waals surface area contributed by atoms with Crippen LogP contribution in [0.1, 0.15) is 55.2 Å². The number of nitrogens with one attached hydrogen (secondary N) is 1. The molecule has 0 aliphatic heterocycles. The summed E-state index contributed by atoms with van der Waals surface area (Å²) in [6.45, 7) is 7.79. The Morgan fingerprint density at radius 3 is 2.18 bits per heavy atom. The third-order valence-corrected chi connectivity index (χ3v) is 5.83. The zero-order valence-electron chi connectivity index (χ0n) is 17.1. The number of amides is 1.